The van der Waals surface area contributed by atoms with Crippen molar-refractivity contribution in [3.8, 4) is 0 Å². The summed E-state index contributed by atoms with van der Waals surface area (Å²) in [4.78, 5) is 28.0. The molecule has 2 aliphatic rings. The van der Waals surface area contributed by atoms with Crippen LogP contribution in [0.4, 0.5) is 11.6 Å². The van der Waals surface area contributed by atoms with Crippen LogP contribution in [0.15, 0.2) is 39.5 Å². The Labute approximate surface area is 243 Å². The lowest BCUT2D eigenvalue weighted by atomic mass is 9.74. The Hall–Kier alpha value is -3.10. The van der Waals surface area contributed by atoms with E-state index >= 15 is 0 Å². The van der Waals surface area contributed by atoms with E-state index < -0.39 is 18.3 Å². The first kappa shape index (κ1) is 29.4. The number of nitrogens with zero attached hydrogens (tertiary/aromatic N) is 1. The van der Waals surface area contributed by atoms with E-state index in [0.29, 0.717) is 33.4 Å². The van der Waals surface area contributed by atoms with Gasteiger partial charge in [0.25, 0.3) is 0 Å². The number of nitrogens with one attached hydrogen (secondary N) is 1. The van der Waals surface area contributed by atoms with Crippen LogP contribution in [0.1, 0.15) is 94.4 Å². The topological polar surface area (TPSA) is 81.0 Å². The van der Waals surface area contributed by atoms with Crippen LogP contribution in [-0.4, -0.2) is 37.7 Å². The van der Waals surface area contributed by atoms with Crippen molar-refractivity contribution in [1.29, 1.82) is 0 Å². The van der Waals surface area contributed by atoms with Crippen molar-refractivity contribution in [3.63, 3.8) is 0 Å². The minimum Gasteiger partial charge on any atom is -0.440 e. The fraction of sp³-hybridized carbons (Fsp3) is 0.515. The van der Waals surface area contributed by atoms with Gasteiger partial charge in [-0.3, -0.25) is 9.59 Å². The van der Waals surface area contributed by atoms with Crippen LogP contribution in [0.3, 0.4) is 0 Å². The highest BCUT2D eigenvalue weighted by Gasteiger charge is 2.53. The Morgan fingerprint density at radius 3 is 2.24 bits per heavy atom. The molecule has 0 radical (unpaired) electrons. The first-order valence-corrected chi connectivity index (χ1v) is 14.7. The number of benzene rings is 2. The summed E-state index contributed by atoms with van der Waals surface area (Å²) in [7, 11) is -0.708. The van der Waals surface area contributed by atoms with Gasteiger partial charge in [-0.25, -0.2) is 0 Å². The molecule has 1 unspecified atom stereocenters. The molecular weight excluding hydrogens is 515 g/mol. The predicted octanol–water partition coefficient (Wildman–Crippen LogP) is 6.32. The third kappa shape index (κ3) is 5.32. The molecule has 3 heterocycles. The first-order valence-electron chi connectivity index (χ1n) is 14.7. The zero-order chi connectivity index (χ0) is 29.9. The van der Waals surface area contributed by atoms with Gasteiger partial charge < -0.3 is 23.9 Å². The Morgan fingerprint density at radius 1 is 1.00 bits per heavy atom. The standard InChI is InChI=1S/C33H43BN2O5/c1-20-17-24(29-25(18-20)28(38)21(2)30(39-29)36-15-13-31(4,5)14-16-36)22(3)35-26-12-10-11-23(19-37)27(26)34-40-32(6,7)33(8,9)41-34/h10-12,17-19,22,35H,13-16H2,1-9H3. The average Bonchev–Trinajstić information content (AvgIpc) is 3.12. The fourth-order valence-electron chi connectivity index (χ4n) is 5.84. The maximum absolute atomic E-state index is 13.7. The zero-order valence-corrected chi connectivity index (χ0v) is 25.9. The minimum atomic E-state index is -0.708. The quantitative estimate of drug-likeness (QED) is 0.280. The number of fused-ring (bicyclic) bond motifs is 1. The van der Waals surface area contributed by atoms with Crippen LogP contribution in [0.25, 0.3) is 11.0 Å². The molecule has 5 rings (SSSR count). The lowest BCUT2D eigenvalue weighted by molar-refractivity contribution is 0.00578. The van der Waals surface area contributed by atoms with Crippen LogP contribution >= 0.6 is 0 Å². The van der Waals surface area contributed by atoms with Crippen LogP contribution in [-0.2, 0) is 9.31 Å². The van der Waals surface area contributed by atoms with Crippen LogP contribution in [0, 0.1) is 19.3 Å². The first-order chi connectivity index (χ1) is 19.1. The smallest absolute Gasteiger partial charge is 0.440 e. The van der Waals surface area contributed by atoms with E-state index in [9.17, 15) is 9.59 Å². The number of piperidine rings is 1. The molecule has 1 atom stereocenters. The molecule has 0 bridgehead atoms. The Morgan fingerprint density at radius 2 is 1.63 bits per heavy atom. The van der Waals surface area contributed by atoms with E-state index in [1.165, 1.54) is 0 Å². The maximum Gasteiger partial charge on any atom is 0.497 e. The molecule has 1 N–H and O–H groups in total. The van der Waals surface area contributed by atoms with Gasteiger partial charge in [0.05, 0.1) is 28.2 Å². The number of hydrogen-bond acceptors (Lipinski definition) is 7. The zero-order valence-electron chi connectivity index (χ0n) is 25.9. The van der Waals surface area contributed by atoms with E-state index in [0.717, 1.165) is 49.0 Å². The van der Waals surface area contributed by atoms with Crippen LogP contribution in [0.2, 0.25) is 0 Å². The number of aldehydes is 1. The number of carbonyl (C=O) groups is 1. The largest absolute Gasteiger partial charge is 0.497 e. The molecule has 8 heteroatoms. The highest BCUT2D eigenvalue weighted by molar-refractivity contribution is 6.65. The summed E-state index contributed by atoms with van der Waals surface area (Å²) >= 11 is 0. The molecular formula is C33H43BN2O5. The number of aryl methyl sites for hydroxylation is 1. The molecule has 2 aromatic carbocycles. The Balaban J connectivity index is 1.56. The van der Waals surface area contributed by atoms with Crippen molar-refractivity contribution < 1.29 is 18.5 Å². The molecule has 2 aliphatic heterocycles. The number of anilines is 2. The van der Waals surface area contributed by atoms with Crippen molar-refractivity contribution in [2.75, 3.05) is 23.3 Å². The molecule has 2 fully saturated rings. The Kier molecular flexibility index (Phi) is 7.40. The summed E-state index contributed by atoms with van der Waals surface area (Å²) in [5.74, 6) is 0.663. The normalized spacial score (nSPS) is 20.3. The molecule has 0 saturated carbocycles. The van der Waals surface area contributed by atoms with E-state index in [4.69, 9.17) is 13.7 Å². The second kappa shape index (κ2) is 10.3. The average molecular weight is 559 g/mol. The molecule has 0 aliphatic carbocycles. The summed E-state index contributed by atoms with van der Waals surface area (Å²) in [5, 5.41) is 4.19. The molecule has 218 valence electrons. The van der Waals surface area contributed by atoms with Gasteiger partial charge in [-0.1, -0.05) is 32.0 Å². The molecule has 1 aromatic heterocycles. The van der Waals surface area contributed by atoms with Crippen molar-refractivity contribution >= 4 is 41.4 Å². The molecule has 2 saturated heterocycles. The molecule has 7 nitrogen and oxygen atoms in total. The van der Waals surface area contributed by atoms with Crippen molar-refractivity contribution in [2.24, 2.45) is 5.41 Å². The summed E-state index contributed by atoms with van der Waals surface area (Å²) in [6.45, 7) is 20.2. The van der Waals surface area contributed by atoms with Crippen molar-refractivity contribution in [1.82, 2.24) is 0 Å². The second-order valence-corrected chi connectivity index (χ2v) is 13.6. The number of rotatable bonds is 6. The molecule has 0 spiro atoms. The van der Waals surface area contributed by atoms with Gasteiger partial charge in [-0.05, 0) is 84.4 Å². The highest BCUT2D eigenvalue weighted by Crippen LogP contribution is 2.38. The second-order valence-electron chi connectivity index (χ2n) is 13.6. The summed E-state index contributed by atoms with van der Waals surface area (Å²) in [6.07, 6.45) is 2.93. The third-order valence-electron chi connectivity index (χ3n) is 9.37. The van der Waals surface area contributed by atoms with Gasteiger partial charge in [0, 0.05) is 35.4 Å². The van der Waals surface area contributed by atoms with Crippen LogP contribution < -0.4 is 21.1 Å². The minimum absolute atomic E-state index is 0.00379. The Bertz CT molecular complexity index is 1530. The monoisotopic (exact) mass is 558 g/mol. The van der Waals surface area contributed by atoms with E-state index in [1.807, 2.05) is 66.7 Å². The van der Waals surface area contributed by atoms with Crippen molar-refractivity contribution in [3.05, 3.63) is 62.8 Å². The van der Waals surface area contributed by atoms with E-state index in [2.05, 4.69) is 30.1 Å². The van der Waals surface area contributed by atoms with Crippen molar-refractivity contribution in [2.45, 2.75) is 92.4 Å². The number of hydrogen-bond donors (Lipinski definition) is 1. The van der Waals surface area contributed by atoms with Gasteiger partial charge >= 0.3 is 7.12 Å². The van der Waals surface area contributed by atoms with Crippen LogP contribution in [0.5, 0.6) is 0 Å². The predicted molar refractivity (Wildman–Crippen MR) is 167 cm³/mol. The summed E-state index contributed by atoms with van der Waals surface area (Å²) in [5.41, 5.74) is 4.20. The fourth-order valence-corrected chi connectivity index (χ4v) is 5.84. The van der Waals surface area contributed by atoms with Gasteiger partial charge in [0.15, 0.2) is 5.43 Å². The molecule has 3 aromatic rings. The summed E-state index contributed by atoms with van der Waals surface area (Å²) < 4.78 is 19.3. The van der Waals surface area contributed by atoms with Gasteiger partial charge in [0.1, 0.15) is 11.9 Å². The van der Waals surface area contributed by atoms with E-state index in [1.54, 1.807) is 6.07 Å². The number of carbonyl (C=O) groups excluding carboxylic acids is 1. The molecule has 0 amide bonds. The van der Waals surface area contributed by atoms with E-state index in [-0.39, 0.29) is 16.9 Å². The van der Waals surface area contributed by atoms with Gasteiger partial charge in [-0.15, -0.1) is 0 Å². The SMILES string of the molecule is Cc1cc(C(C)Nc2cccc(C=O)c2B2OC(C)(C)C(C)(C)O2)c2oc(N3CCC(C)(C)CC3)c(C)c(=O)c2c1. The third-order valence-corrected chi connectivity index (χ3v) is 9.37. The highest BCUT2D eigenvalue weighted by atomic mass is 16.7. The lowest BCUT2D eigenvalue weighted by Crippen LogP contribution is -2.41. The molecule has 41 heavy (non-hydrogen) atoms. The van der Waals surface area contributed by atoms with Gasteiger partial charge in [-0.2, -0.15) is 0 Å². The summed E-state index contributed by atoms with van der Waals surface area (Å²) in [6, 6.07) is 9.29. The maximum atomic E-state index is 13.7. The van der Waals surface area contributed by atoms with Gasteiger partial charge in [0.2, 0.25) is 5.88 Å². The lowest BCUT2D eigenvalue weighted by Gasteiger charge is -2.37.